The van der Waals surface area contributed by atoms with Crippen LogP contribution in [0.2, 0.25) is 0 Å². The molecule has 0 fully saturated rings. The van der Waals surface area contributed by atoms with Gasteiger partial charge in [0.1, 0.15) is 22.3 Å². The molecule has 14 aromatic rings. The van der Waals surface area contributed by atoms with E-state index in [1.807, 2.05) is 12.1 Å². The quantitative estimate of drug-likeness (QED) is 0.156. The van der Waals surface area contributed by atoms with E-state index in [1.54, 1.807) is 0 Å². The number of anilines is 6. The van der Waals surface area contributed by atoms with Gasteiger partial charge in [-0.15, -0.1) is 0 Å². The van der Waals surface area contributed by atoms with Gasteiger partial charge < -0.3 is 18.6 Å². The number of hydrogen-bond donors (Lipinski definition) is 0. The van der Waals surface area contributed by atoms with E-state index in [4.69, 9.17) is 8.83 Å². The lowest BCUT2D eigenvalue weighted by molar-refractivity contribution is 0.645. The molecular weight excluding hydrogens is 877 g/mol. The second-order valence-corrected chi connectivity index (χ2v) is 20.0. The van der Waals surface area contributed by atoms with Crippen LogP contribution in [0.1, 0.15) is 30.5 Å². The maximum absolute atomic E-state index is 6.35. The summed E-state index contributed by atoms with van der Waals surface area (Å²) >= 11 is 0. The predicted molar refractivity (Wildman–Crippen MR) is 303 cm³/mol. The van der Waals surface area contributed by atoms with Gasteiger partial charge >= 0.3 is 0 Å². The molecule has 0 aliphatic heterocycles. The molecule has 0 saturated carbocycles. The molecule has 0 unspecified atom stereocenters. The van der Waals surface area contributed by atoms with E-state index in [9.17, 15) is 0 Å². The topological polar surface area (TPSA) is 32.8 Å². The van der Waals surface area contributed by atoms with Crippen molar-refractivity contribution in [2.45, 2.75) is 26.2 Å². The molecule has 72 heavy (non-hydrogen) atoms. The fourth-order valence-corrected chi connectivity index (χ4v) is 12.4. The molecule has 2 heterocycles. The number of nitrogens with zero attached hydrogens (tertiary/aromatic N) is 2. The van der Waals surface area contributed by atoms with E-state index in [2.05, 4.69) is 243 Å². The Morgan fingerprint density at radius 1 is 0.333 bits per heavy atom. The van der Waals surface area contributed by atoms with Crippen molar-refractivity contribution in [3.8, 4) is 11.1 Å². The standard InChI is InChI=1S/C68H46N2O2/c1-41-48-33-29-44(69(60-25-12-17-42-15-4-6-19-49(42)60)45-31-35-64-56(38-45)51-21-8-10-27-62(51)71-64)37-55(48)53-23-14-24-58-67(53)66(41)54-34-30-47(40-59(54)68(58,2)3)70(61-26-13-18-43-16-5-7-20-50(43)61)46-32-36-65-57(39-46)52-22-9-11-28-63(52)72-65/h4-40H,1-3H3. The van der Waals surface area contributed by atoms with Crippen molar-refractivity contribution in [3.63, 3.8) is 0 Å². The fraction of sp³-hybridized carbons (Fsp3) is 0.0588. The molecule has 4 nitrogen and oxygen atoms in total. The summed E-state index contributed by atoms with van der Waals surface area (Å²) in [6.45, 7) is 7.15. The predicted octanol–water partition coefficient (Wildman–Crippen LogP) is 19.7. The Bertz CT molecular complexity index is 4580. The lowest BCUT2D eigenvalue weighted by Gasteiger charge is -2.38. The van der Waals surface area contributed by atoms with Gasteiger partial charge in [-0.3, -0.25) is 0 Å². The highest BCUT2D eigenvalue weighted by Crippen LogP contribution is 2.54. The number of para-hydroxylation sites is 2. The second kappa shape index (κ2) is 15.2. The molecule has 340 valence electrons. The molecule has 1 aliphatic carbocycles. The third kappa shape index (κ3) is 5.87. The van der Waals surface area contributed by atoms with E-state index >= 15 is 0 Å². The summed E-state index contributed by atoms with van der Waals surface area (Å²) in [4.78, 5) is 4.88. The van der Waals surface area contributed by atoms with Crippen LogP contribution in [0.25, 0.3) is 98.1 Å². The number of fused-ring (bicyclic) bond motifs is 12. The maximum Gasteiger partial charge on any atom is 0.135 e. The van der Waals surface area contributed by atoms with Crippen molar-refractivity contribution in [3.05, 3.63) is 241 Å². The van der Waals surface area contributed by atoms with Crippen LogP contribution >= 0.6 is 0 Å². The van der Waals surface area contributed by atoms with E-state index in [0.29, 0.717) is 0 Å². The van der Waals surface area contributed by atoms with Crippen molar-refractivity contribution >= 4 is 121 Å². The Balaban J connectivity index is 0.935. The van der Waals surface area contributed by atoms with Crippen molar-refractivity contribution in [2.24, 2.45) is 0 Å². The summed E-state index contributed by atoms with van der Waals surface area (Å²) in [7, 11) is 0. The minimum Gasteiger partial charge on any atom is -0.456 e. The normalized spacial score (nSPS) is 13.0. The minimum atomic E-state index is -0.331. The van der Waals surface area contributed by atoms with Gasteiger partial charge in [0.25, 0.3) is 0 Å². The van der Waals surface area contributed by atoms with Crippen molar-refractivity contribution < 1.29 is 8.83 Å². The first-order valence-corrected chi connectivity index (χ1v) is 24.9. The van der Waals surface area contributed by atoms with Gasteiger partial charge in [0.2, 0.25) is 0 Å². The maximum atomic E-state index is 6.35. The molecule has 0 atom stereocenters. The number of furan rings is 2. The molecule has 0 saturated heterocycles. The smallest absolute Gasteiger partial charge is 0.135 e. The third-order valence-corrected chi connectivity index (χ3v) is 15.8. The Morgan fingerprint density at radius 2 is 0.778 bits per heavy atom. The molecule has 15 rings (SSSR count). The van der Waals surface area contributed by atoms with Crippen LogP contribution in [0.4, 0.5) is 34.1 Å². The van der Waals surface area contributed by atoms with Crippen LogP contribution in [0, 0.1) is 6.92 Å². The van der Waals surface area contributed by atoms with Crippen LogP contribution < -0.4 is 9.80 Å². The minimum absolute atomic E-state index is 0.331. The molecule has 1 aliphatic rings. The van der Waals surface area contributed by atoms with E-state index in [0.717, 1.165) is 78.0 Å². The Kier molecular flexibility index (Phi) is 8.59. The third-order valence-electron chi connectivity index (χ3n) is 15.8. The highest BCUT2D eigenvalue weighted by atomic mass is 16.3. The van der Waals surface area contributed by atoms with E-state index < -0.39 is 0 Å². The summed E-state index contributed by atoms with van der Waals surface area (Å²) in [6, 6.07) is 81.9. The zero-order chi connectivity index (χ0) is 47.8. The van der Waals surface area contributed by atoms with Crippen molar-refractivity contribution in [2.75, 3.05) is 9.80 Å². The van der Waals surface area contributed by atoms with Crippen LogP contribution in [-0.2, 0) is 5.41 Å². The van der Waals surface area contributed by atoms with Gasteiger partial charge in [0, 0.05) is 60.5 Å². The van der Waals surface area contributed by atoms with E-state index in [1.165, 1.54) is 70.9 Å². The molecule has 0 bridgehead atoms. The van der Waals surface area contributed by atoms with Crippen LogP contribution in [0.5, 0.6) is 0 Å². The largest absolute Gasteiger partial charge is 0.456 e. The average molecular weight is 923 g/mol. The summed E-state index contributed by atoms with van der Waals surface area (Å²) in [5.74, 6) is 0. The summed E-state index contributed by atoms with van der Waals surface area (Å²) in [5, 5.41) is 14.3. The van der Waals surface area contributed by atoms with Crippen LogP contribution in [-0.4, -0.2) is 0 Å². The lowest BCUT2D eigenvalue weighted by Crippen LogP contribution is -2.25. The summed E-state index contributed by atoms with van der Waals surface area (Å²) in [6.07, 6.45) is 0. The fourth-order valence-electron chi connectivity index (χ4n) is 12.4. The molecule has 4 heteroatoms. The molecule has 12 aromatic carbocycles. The molecule has 0 N–H and O–H groups in total. The van der Waals surface area contributed by atoms with Gasteiger partial charge in [0.05, 0.1) is 11.4 Å². The first kappa shape index (κ1) is 40.7. The zero-order valence-corrected chi connectivity index (χ0v) is 40.1. The summed E-state index contributed by atoms with van der Waals surface area (Å²) < 4.78 is 12.7. The Hall–Kier alpha value is -9.12. The van der Waals surface area contributed by atoms with Crippen LogP contribution in [0.3, 0.4) is 0 Å². The highest BCUT2D eigenvalue weighted by Gasteiger charge is 2.36. The number of aryl methyl sites for hydroxylation is 1. The highest BCUT2D eigenvalue weighted by molar-refractivity contribution is 6.20. The zero-order valence-electron chi connectivity index (χ0n) is 40.1. The molecule has 0 amide bonds. The number of hydrogen-bond acceptors (Lipinski definition) is 4. The molecular formula is C68H46N2O2. The molecule has 0 radical (unpaired) electrons. The monoisotopic (exact) mass is 922 g/mol. The van der Waals surface area contributed by atoms with E-state index in [-0.39, 0.29) is 5.41 Å². The second-order valence-electron chi connectivity index (χ2n) is 20.0. The SMILES string of the molecule is Cc1c2c3c(cccc3c3cc(N(c4ccc5oc6ccccc6c5c4)c4cccc5ccccc45)ccc13)C(C)(C)c1cc(N(c3ccc4oc5ccccc5c4c3)c3cccc4ccccc34)ccc1-2. The number of benzene rings is 12. The van der Waals surface area contributed by atoms with Gasteiger partial charge in [-0.05, 0) is 152 Å². The molecule has 2 aromatic heterocycles. The lowest BCUT2D eigenvalue weighted by atomic mass is 9.67. The molecule has 0 spiro atoms. The van der Waals surface area contributed by atoms with Crippen molar-refractivity contribution in [1.82, 2.24) is 0 Å². The van der Waals surface area contributed by atoms with Gasteiger partial charge in [-0.25, -0.2) is 0 Å². The number of rotatable bonds is 6. The van der Waals surface area contributed by atoms with Gasteiger partial charge in [0.15, 0.2) is 0 Å². The van der Waals surface area contributed by atoms with Crippen LogP contribution in [0.15, 0.2) is 233 Å². The Morgan fingerprint density at radius 3 is 1.38 bits per heavy atom. The van der Waals surface area contributed by atoms with Crippen molar-refractivity contribution in [1.29, 1.82) is 0 Å². The van der Waals surface area contributed by atoms with Gasteiger partial charge in [-0.2, -0.15) is 0 Å². The Labute approximate surface area is 416 Å². The first-order valence-electron chi connectivity index (χ1n) is 24.9. The average Bonchev–Trinajstić information content (AvgIpc) is 3.99. The van der Waals surface area contributed by atoms with Gasteiger partial charge in [-0.1, -0.05) is 153 Å². The summed E-state index contributed by atoms with van der Waals surface area (Å²) in [5.41, 5.74) is 16.4. The first-order chi connectivity index (χ1) is 35.4.